The van der Waals surface area contributed by atoms with Gasteiger partial charge in [0.05, 0.1) is 4.92 Å². The van der Waals surface area contributed by atoms with E-state index in [0.717, 1.165) is 12.1 Å². The molecule has 0 bridgehead atoms. The summed E-state index contributed by atoms with van der Waals surface area (Å²) >= 11 is 0. The van der Waals surface area contributed by atoms with E-state index in [2.05, 4.69) is 5.32 Å². The molecular formula is C9H9FN2O3. The molecule has 0 radical (unpaired) electrons. The molecule has 6 heteroatoms. The van der Waals surface area contributed by atoms with E-state index in [-0.39, 0.29) is 16.9 Å². The van der Waals surface area contributed by atoms with Crippen LogP contribution < -0.4 is 5.32 Å². The number of nitrogens with one attached hydrogen (secondary N) is 1. The molecule has 0 atom stereocenters. The molecule has 1 amide bonds. The molecule has 0 aliphatic carbocycles. The summed E-state index contributed by atoms with van der Waals surface area (Å²) in [6.45, 7) is 2.57. The molecule has 15 heavy (non-hydrogen) atoms. The number of nitro groups is 1. The predicted octanol–water partition coefficient (Wildman–Crippen LogP) is 2.00. The van der Waals surface area contributed by atoms with Gasteiger partial charge in [-0.05, 0) is 13.0 Å². The minimum absolute atomic E-state index is 0.0550. The molecule has 0 unspecified atom stereocenters. The number of hydrogen-bond donors (Lipinski definition) is 1. The maximum Gasteiger partial charge on any atom is 0.293 e. The van der Waals surface area contributed by atoms with Crippen molar-refractivity contribution < 1.29 is 14.1 Å². The van der Waals surface area contributed by atoms with Gasteiger partial charge >= 0.3 is 0 Å². The fraction of sp³-hybridized carbons (Fsp3) is 0.222. The average Bonchev–Trinajstić information content (AvgIpc) is 2.12. The van der Waals surface area contributed by atoms with Crippen LogP contribution in [-0.4, -0.2) is 10.8 Å². The van der Waals surface area contributed by atoms with Gasteiger partial charge in [0.25, 0.3) is 5.69 Å². The third-order valence-electron chi connectivity index (χ3n) is 1.87. The van der Waals surface area contributed by atoms with Gasteiger partial charge in [0, 0.05) is 18.6 Å². The van der Waals surface area contributed by atoms with Crippen molar-refractivity contribution in [3.8, 4) is 0 Å². The van der Waals surface area contributed by atoms with E-state index in [4.69, 9.17) is 0 Å². The van der Waals surface area contributed by atoms with Crippen LogP contribution in [0.15, 0.2) is 12.1 Å². The fourth-order valence-corrected chi connectivity index (χ4v) is 1.16. The summed E-state index contributed by atoms with van der Waals surface area (Å²) in [6, 6.07) is 2.02. The van der Waals surface area contributed by atoms with E-state index < -0.39 is 16.6 Å². The predicted molar refractivity (Wildman–Crippen MR) is 52.1 cm³/mol. The lowest BCUT2D eigenvalue weighted by molar-refractivity contribution is -0.384. The lowest BCUT2D eigenvalue weighted by Gasteiger charge is -2.07. The number of nitro benzene ring substituents is 1. The number of amides is 1. The highest BCUT2D eigenvalue weighted by Crippen LogP contribution is 2.29. The second-order valence-corrected chi connectivity index (χ2v) is 3.00. The maximum absolute atomic E-state index is 13.1. The molecule has 0 aromatic heterocycles. The van der Waals surface area contributed by atoms with Gasteiger partial charge in [0.2, 0.25) is 5.91 Å². The minimum atomic E-state index is -0.669. The molecular weight excluding hydrogens is 203 g/mol. The molecule has 80 valence electrons. The van der Waals surface area contributed by atoms with Crippen molar-refractivity contribution in [2.24, 2.45) is 0 Å². The summed E-state index contributed by atoms with van der Waals surface area (Å²) in [5, 5.41) is 12.8. The third-order valence-corrected chi connectivity index (χ3v) is 1.87. The van der Waals surface area contributed by atoms with Crippen molar-refractivity contribution in [1.29, 1.82) is 0 Å². The van der Waals surface area contributed by atoms with E-state index in [9.17, 15) is 19.3 Å². The van der Waals surface area contributed by atoms with E-state index in [0.29, 0.717) is 0 Å². The Morgan fingerprint density at radius 3 is 2.60 bits per heavy atom. The van der Waals surface area contributed by atoms with E-state index >= 15 is 0 Å². The standard InChI is InChI=1S/C9H9FN2O3/c1-5-7(10)3-4-8(12(14)15)9(5)11-6(2)13/h3-4H,1-2H3,(H,11,13). The first-order valence-corrected chi connectivity index (χ1v) is 4.14. The van der Waals surface area contributed by atoms with Crippen LogP contribution in [0.3, 0.4) is 0 Å². The Hall–Kier alpha value is -1.98. The number of nitrogens with zero attached hydrogens (tertiary/aromatic N) is 1. The van der Waals surface area contributed by atoms with E-state index in [1.807, 2.05) is 0 Å². The van der Waals surface area contributed by atoms with Crippen LogP contribution >= 0.6 is 0 Å². The van der Waals surface area contributed by atoms with Gasteiger partial charge in [0.1, 0.15) is 11.5 Å². The lowest BCUT2D eigenvalue weighted by atomic mass is 10.1. The Morgan fingerprint density at radius 2 is 2.13 bits per heavy atom. The second-order valence-electron chi connectivity index (χ2n) is 3.00. The molecule has 0 saturated carbocycles. The van der Waals surface area contributed by atoms with Crippen LogP contribution in [0.5, 0.6) is 0 Å². The first-order valence-electron chi connectivity index (χ1n) is 4.14. The van der Waals surface area contributed by atoms with Gasteiger partial charge in [0.15, 0.2) is 0 Å². The first kappa shape index (κ1) is 11.1. The van der Waals surface area contributed by atoms with Crippen molar-refractivity contribution in [3.05, 3.63) is 33.6 Å². The highest BCUT2D eigenvalue weighted by Gasteiger charge is 2.19. The number of benzene rings is 1. The summed E-state index contributed by atoms with van der Waals surface area (Å²) in [6.07, 6.45) is 0. The monoisotopic (exact) mass is 212 g/mol. The summed E-state index contributed by atoms with van der Waals surface area (Å²) in [5.41, 5.74) is -0.351. The Balaban J connectivity index is 3.34. The molecule has 5 nitrogen and oxygen atoms in total. The number of hydrogen-bond acceptors (Lipinski definition) is 3. The van der Waals surface area contributed by atoms with E-state index in [1.54, 1.807) is 0 Å². The smallest absolute Gasteiger partial charge is 0.293 e. The molecule has 1 N–H and O–H groups in total. The van der Waals surface area contributed by atoms with Crippen LogP contribution in [0.2, 0.25) is 0 Å². The number of rotatable bonds is 2. The van der Waals surface area contributed by atoms with Gasteiger partial charge in [-0.3, -0.25) is 14.9 Å². The van der Waals surface area contributed by atoms with Crippen molar-refractivity contribution >= 4 is 17.3 Å². The summed E-state index contributed by atoms with van der Waals surface area (Å²) in [5.74, 6) is -1.07. The zero-order chi connectivity index (χ0) is 11.6. The average molecular weight is 212 g/mol. The summed E-state index contributed by atoms with van der Waals surface area (Å²) in [4.78, 5) is 20.7. The quantitative estimate of drug-likeness (QED) is 0.601. The number of carbonyl (C=O) groups excluding carboxylic acids is 1. The molecule has 0 fully saturated rings. The molecule has 1 aromatic rings. The summed E-state index contributed by atoms with van der Waals surface area (Å²) in [7, 11) is 0. The second kappa shape index (κ2) is 4.04. The van der Waals surface area contributed by atoms with Crippen LogP contribution in [0.1, 0.15) is 12.5 Å². The minimum Gasteiger partial charge on any atom is -0.320 e. The molecule has 1 aromatic carbocycles. The third kappa shape index (κ3) is 2.28. The zero-order valence-electron chi connectivity index (χ0n) is 8.20. The molecule has 0 heterocycles. The van der Waals surface area contributed by atoms with Crippen molar-refractivity contribution in [1.82, 2.24) is 0 Å². The molecule has 1 rings (SSSR count). The molecule has 0 aliphatic rings. The highest BCUT2D eigenvalue weighted by molar-refractivity contribution is 5.92. The van der Waals surface area contributed by atoms with Crippen molar-refractivity contribution in [3.63, 3.8) is 0 Å². The Bertz CT molecular complexity index is 432. The number of anilines is 1. The van der Waals surface area contributed by atoms with Gasteiger partial charge in [-0.2, -0.15) is 0 Å². The normalized spacial score (nSPS) is 9.80. The van der Waals surface area contributed by atoms with Crippen LogP contribution in [0, 0.1) is 22.9 Å². The fourth-order valence-electron chi connectivity index (χ4n) is 1.16. The van der Waals surface area contributed by atoms with Crippen LogP contribution in [-0.2, 0) is 4.79 Å². The SMILES string of the molecule is CC(=O)Nc1c([N+](=O)[O-])ccc(F)c1C. The van der Waals surface area contributed by atoms with Crippen LogP contribution in [0.25, 0.3) is 0 Å². The molecule has 0 spiro atoms. The Morgan fingerprint density at radius 1 is 1.53 bits per heavy atom. The first-order chi connectivity index (χ1) is 6.93. The van der Waals surface area contributed by atoms with Crippen LogP contribution in [0.4, 0.5) is 15.8 Å². The van der Waals surface area contributed by atoms with Gasteiger partial charge in [-0.1, -0.05) is 0 Å². The Labute approximate surface area is 85.1 Å². The number of halogens is 1. The Kier molecular flexibility index (Phi) is 2.99. The number of carbonyl (C=O) groups is 1. The topological polar surface area (TPSA) is 72.2 Å². The zero-order valence-corrected chi connectivity index (χ0v) is 8.20. The highest BCUT2D eigenvalue weighted by atomic mass is 19.1. The van der Waals surface area contributed by atoms with Gasteiger partial charge in [-0.25, -0.2) is 4.39 Å². The van der Waals surface area contributed by atoms with E-state index in [1.165, 1.54) is 13.8 Å². The maximum atomic E-state index is 13.1. The lowest BCUT2D eigenvalue weighted by Crippen LogP contribution is -2.10. The van der Waals surface area contributed by atoms with Crippen molar-refractivity contribution in [2.45, 2.75) is 13.8 Å². The summed E-state index contributed by atoms with van der Waals surface area (Å²) < 4.78 is 13.1. The van der Waals surface area contributed by atoms with Gasteiger partial charge < -0.3 is 5.32 Å². The van der Waals surface area contributed by atoms with Gasteiger partial charge in [-0.15, -0.1) is 0 Å². The molecule has 0 saturated heterocycles. The molecule has 0 aliphatic heterocycles. The largest absolute Gasteiger partial charge is 0.320 e. The van der Waals surface area contributed by atoms with Crippen molar-refractivity contribution in [2.75, 3.05) is 5.32 Å².